The second-order valence-corrected chi connectivity index (χ2v) is 4.73. The first-order valence-corrected chi connectivity index (χ1v) is 5.82. The van der Waals surface area contributed by atoms with Gasteiger partial charge in [0.05, 0.1) is 6.10 Å². The number of anilines is 1. The third-order valence-electron chi connectivity index (χ3n) is 2.95. The monoisotopic (exact) mass is 234 g/mol. The van der Waals surface area contributed by atoms with Gasteiger partial charge in [0.1, 0.15) is 6.04 Å². The Bertz CT molecular complexity index is 455. The van der Waals surface area contributed by atoms with Gasteiger partial charge in [-0.2, -0.15) is 0 Å². The van der Waals surface area contributed by atoms with Crippen molar-refractivity contribution >= 4 is 11.6 Å². The maximum atomic E-state index is 11.9. The average Bonchev–Trinajstić information content (AvgIpc) is 2.52. The molecular weight excluding hydrogens is 216 g/mol. The minimum Gasteiger partial charge on any atom is -0.392 e. The van der Waals surface area contributed by atoms with Crippen molar-refractivity contribution in [3.05, 3.63) is 28.8 Å². The zero-order valence-electron chi connectivity index (χ0n) is 10.4. The molecule has 17 heavy (non-hydrogen) atoms. The summed E-state index contributed by atoms with van der Waals surface area (Å²) < 4.78 is 0. The number of aliphatic hydroxyl groups excluding tert-OH is 1. The molecule has 4 nitrogen and oxygen atoms in total. The maximum Gasteiger partial charge on any atom is 0.246 e. The van der Waals surface area contributed by atoms with Gasteiger partial charge in [-0.3, -0.25) is 10.1 Å². The lowest BCUT2D eigenvalue weighted by atomic mass is 10.0. The molecule has 0 aromatic heterocycles. The molecule has 0 saturated heterocycles. The summed E-state index contributed by atoms with van der Waals surface area (Å²) in [5.74, 6) is -0.0469. The van der Waals surface area contributed by atoms with Gasteiger partial charge in [0.25, 0.3) is 0 Å². The van der Waals surface area contributed by atoms with Gasteiger partial charge in [-0.1, -0.05) is 17.7 Å². The van der Waals surface area contributed by atoms with Gasteiger partial charge in [0.15, 0.2) is 0 Å². The van der Waals surface area contributed by atoms with E-state index in [0.717, 1.165) is 22.4 Å². The zero-order chi connectivity index (χ0) is 12.6. The molecule has 0 aliphatic carbocycles. The van der Waals surface area contributed by atoms with Crippen molar-refractivity contribution in [2.75, 3.05) is 11.9 Å². The summed E-state index contributed by atoms with van der Waals surface area (Å²) in [4.78, 5) is 11.9. The highest BCUT2D eigenvalue weighted by Gasteiger charge is 2.31. The third kappa shape index (κ3) is 2.33. The van der Waals surface area contributed by atoms with Crippen LogP contribution in [0.3, 0.4) is 0 Å². The second kappa shape index (κ2) is 4.47. The Kier molecular flexibility index (Phi) is 3.17. The summed E-state index contributed by atoms with van der Waals surface area (Å²) in [6, 6.07) is 3.72. The normalized spacial score (nSPS) is 20.0. The lowest BCUT2D eigenvalue weighted by Gasteiger charge is -2.13. The van der Waals surface area contributed by atoms with Crippen molar-refractivity contribution < 1.29 is 9.90 Å². The Labute approximate surface area is 101 Å². The number of benzene rings is 1. The molecule has 1 heterocycles. The van der Waals surface area contributed by atoms with Crippen LogP contribution >= 0.6 is 0 Å². The molecule has 0 radical (unpaired) electrons. The number of carbonyl (C=O) groups is 1. The van der Waals surface area contributed by atoms with Crippen molar-refractivity contribution in [1.29, 1.82) is 0 Å². The molecule has 2 unspecified atom stereocenters. The van der Waals surface area contributed by atoms with Crippen molar-refractivity contribution in [2.24, 2.45) is 0 Å². The molecule has 0 saturated carbocycles. The van der Waals surface area contributed by atoms with Crippen LogP contribution in [0.25, 0.3) is 0 Å². The van der Waals surface area contributed by atoms with Gasteiger partial charge >= 0.3 is 0 Å². The molecule has 2 atom stereocenters. The standard InChI is InChI=1S/C13H18N2O2/c1-7-4-8(2)11-10(5-7)12(13(17)15-11)14-6-9(3)16/h4-5,9,12,14,16H,6H2,1-3H3,(H,15,17). The van der Waals surface area contributed by atoms with Crippen molar-refractivity contribution in [3.63, 3.8) is 0 Å². The van der Waals surface area contributed by atoms with E-state index in [1.807, 2.05) is 19.9 Å². The van der Waals surface area contributed by atoms with Gasteiger partial charge in [0, 0.05) is 17.8 Å². The summed E-state index contributed by atoms with van der Waals surface area (Å²) in [6.07, 6.45) is -0.460. The van der Waals surface area contributed by atoms with E-state index in [2.05, 4.69) is 16.7 Å². The van der Waals surface area contributed by atoms with Crippen LogP contribution in [0.2, 0.25) is 0 Å². The van der Waals surface area contributed by atoms with Crippen LogP contribution in [0.1, 0.15) is 29.7 Å². The summed E-state index contributed by atoms with van der Waals surface area (Å²) >= 11 is 0. The highest BCUT2D eigenvalue weighted by atomic mass is 16.3. The van der Waals surface area contributed by atoms with Gasteiger partial charge in [0.2, 0.25) is 5.91 Å². The molecule has 1 aromatic carbocycles. The number of hydrogen-bond acceptors (Lipinski definition) is 3. The number of aryl methyl sites for hydroxylation is 2. The van der Waals surface area contributed by atoms with E-state index in [0.29, 0.717) is 6.54 Å². The van der Waals surface area contributed by atoms with Crippen LogP contribution in [0.4, 0.5) is 5.69 Å². The number of rotatable bonds is 3. The van der Waals surface area contributed by atoms with Crippen molar-refractivity contribution in [1.82, 2.24) is 5.32 Å². The summed E-state index contributed by atoms with van der Waals surface area (Å²) in [7, 11) is 0. The first-order valence-electron chi connectivity index (χ1n) is 5.82. The molecule has 1 amide bonds. The lowest BCUT2D eigenvalue weighted by Crippen LogP contribution is -2.32. The first-order chi connectivity index (χ1) is 7.99. The lowest BCUT2D eigenvalue weighted by molar-refractivity contribution is -0.117. The molecule has 0 fully saturated rings. The Morgan fingerprint density at radius 1 is 1.47 bits per heavy atom. The van der Waals surface area contributed by atoms with E-state index < -0.39 is 6.10 Å². The minimum absolute atomic E-state index is 0.0469. The Morgan fingerprint density at radius 2 is 2.18 bits per heavy atom. The van der Waals surface area contributed by atoms with Crippen LogP contribution in [0, 0.1) is 13.8 Å². The van der Waals surface area contributed by atoms with Gasteiger partial charge < -0.3 is 10.4 Å². The molecule has 1 aliphatic rings. The number of carbonyl (C=O) groups excluding carboxylic acids is 1. The molecule has 0 bridgehead atoms. The molecule has 2 rings (SSSR count). The van der Waals surface area contributed by atoms with Crippen LogP contribution in [-0.2, 0) is 4.79 Å². The van der Waals surface area contributed by atoms with Gasteiger partial charge in [-0.25, -0.2) is 0 Å². The number of hydrogen-bond donors (Lipinski definition) is 3. The smallest absolute Gasteiger partial charge is 0.246 e. The summed E-state index contributed by atoms with van der Waals surface area (Å²) in [5.41, 5.74) is 4.10. The SMILES string of the molecule is Cc1cc(C)c2c(c1)C(NCC(C)O)C(=O)N2. The largest absolute Gasteiger partial charge is 0.392 e. The van der Waals surface area contributed by atoms with Crippen molar-refractivity contribution in [3.8, 4) is 0 Å². The van der Waals surface area contributed by atoms with E-state index >= 15 is 0 Å². The van der Waals surface area contributed by atoms with E-state index in [1.165, 1.54) is 0 Å². The number of fused-ring (bicyclic) bond motifs is 1. The third-order valence-corrected chi connectivity index (χ3v) is 2.95. The Balaban J connectivity index is 2.30. The fourth-order valence-corrected chi connectivity index (χ4v) is 2.23. The topological polar surface area (TPSA) is 61.4 Å². The predicted molar refractivity (Wildman–Crippen MR) is 67.0 cm³/mol. The van der Waals surface area contributed by atoms with Gasteiger partial charge in [-0.05, 0) is 26.3 Å². The van der Waals surface area contributed by atoms with Crippen LogP contribution in [0.5, 0.6) is 0 Å². The predicted octanol–water partition coefficient (Wildman–Crippen LogP) is 1.27. The average molecular weight is 234 g/mol. The molecule has 4 heteroatoms. The fraction of sp³-hybridized carbons (Fsp3) is 0.462. The van der Waals surface area contributed by atoms with E-state index in [-0.39, 0.29) is 11.9 Å². The second-order valence-electron chi connectivity index (χ2n) is 4.73. The van der Waals surface area contributed by atoms with Gasteiger partial charge in [-0.15, -0.1) is 0 Å². The minimum atomic E-state index is -0.460. The van der Waals surface area contributed by atoms with Crippen LogP contribution < -0.4 is 10.6 Å². The molecular formula is C13H18N2O2. The number of nitrogens with one attached hydrogen (secondary N) is 2. The van der Waals surface area contributed by atoms with Crippen LogP contribution in [-0.4, -0.2) is 23.7 Å². The Hall–Kier alpha value is -1.39. The number of amides is 1. The maximum absolute atomic E-state index is 11.9. The molecule has 3 N–H and O–H groups in total. The fourth-order valence-electron chi connectivity index (χ4n) is 2.23. The molecule has 1 aromatic rings. The van der Waals surface area contributed by atoms with E-state index in [1.54, 1.807) is 6.92 Å². The molecule has 0 spiro atoms. The molecule has 1 aliphatic heterocycles. The zero-order valence-corrected chi connectivity index (χ0v) is 10.4. The quantitative estimate of drug-likeness (QED) is 0.738. The van der Waals surface area contributed by atoms with E-state index in [9.17, 15) is 9.90 Å². The highest BCUT2D eigenvalue weighted by Crippen LogP contribution is 2.34. The van der Waals surface area contributed by atoms with Crippen molar-refractivity contribution in [2.45, 2.75) is 32.9 Å². The number of aliphatic hydroxyl groups is 1. The highest BCUT2D eigenvalue weighted by molar-refractivity contribution is 6.03. The summed E-state index contributed by atoms with van der Waals surface area (Å²) in [6.45, 7) is 6.11. The first kappa shape index (κ1) is 12.1. The van der Waals surface area contributed by atoms with Crippen LogP contribution in [0.15, 0.2) is 12.1 Å². The molecule has 92 valence electrons. The summed E-state index contributed by atoms with van der Waals surface area (Å²) in [5, 5.41) is 15.2. The van der Waals surface area contributed by atoms with E-state index in [4.69, 9.17) is 0 Å². The Morgan fingerprint density at radius 3 is 2.82 bits per heavy atom.